The van der Waals surface area contributed by atoms with Crippen molar-refractivity contribution in [1.82, 2.24) is 5.32 Å². The number of aryl methyl sites for hydroxylation is 1. The molecule has 0 aliphatic carbocycles. The van der Waals surface area contributed by atoms with Crippen molar-refractivity contribution in [2.45, 2.75) is 12.7 Å². The molecule has 0 unspecified atom stereocenters. The third-order valence-corrected chi connectivity index (χ3v) is 4.61. The van der Waals surface area contributed by atoms with Crippen LogP contribution in [0.1, 0.15) is 27.0 Å². The molecule has 4 nitrogen and oxygen atoms in total. The van der Waals surface area contributed by atoms with Crippen LogP contribution in [-0.2, 0) is 5.75 Å². The number of carbonyl (C=O) groups excluding carboxylic acids is 1. The van der Waals surface area contributed by atoms with Crippen LogP contribution in [-0.4, -0.2) is 25.3 Å². The van der Waals surface area contributed by atoms with Gasteiger partial charge in [0.2, 0.25) is 0 Å². The molecule has 0 aliphatic rings. The summed E-state index contributed by atoms with van der Waals surface area (Å²) in [7, 11) is 1.60. The number of methoxy groups -OCH3 is 1. The maximum absolute atomic E-state index is 12.1. The molecule has 2 rings (SSSR count). The van der Waals surface area contributed by atoms with Crippen LogP contribution < -0.4 is 10.1 Å². The quantitative estimate of drug-likeness (QED) is 0.783. The average Bonchev–Trinajstić information content (AvgIpc) is 2.62. The number of rotatable bonds is 7. The van der Waals surface area contributed by atoms with Crippen molar-refractivity contribution in [3.63, 3.8) is 0 Å². The Bertz CT molecular complexity index is 753. The van der Waals surface area contributed by atoms with Gasteiger partial charge in [0.25, 0.3) is 5.91 Å². The van der Waals surface area contributed by atoms with Gasteiger partial charge in [-0.15, -0.1) is 0 Å². The van der Waals surface area contributed by atoms with Gasteiger partial charge in [0.05, 0.1) is 18.7 Å². The van der Waals surface area contributed by atoms with Crippen LogP contribution in [0.4, 0.5) is 0 Å². The number of hydrogen-bond donors (Lipinski definition) is 1. The van der Waals surface area contributed by atoms with Crippen molar-refractivity contribution < 1.29 is 9.53 Å². The van der Waals surface area contributed by atoms with E-state index in [9.17, 15) is 4.79 Å². The predicted octanol–water partition coefficient (Wildman–Crippen LogP) is 3.54. The highest BCUT2D eigenvalue weighted by Gasteiger charge is 2.08. The number of nitrogens with zero attached hydrogens (tertiary/aromatic N) is 1. The first-order valence-electron chi connectivity index (χ1n) is 7.64. The molecule has 5 heteroatoms. The summed E-state index contributed by atoms with van der Waals surface area (Å²) in [6, 6.07) is 15.2. The predicted molar refractivity (Wildman–Crippen MR) is 97.4 cm³/mol. The standard InChI is InChI=1S/C19H20N2O2S/c1-14-7-8-15(11-18(14)23-2)19(22)21-9-10-24-13-17-6-4-3-5-16(17)12-20/h3-8,11H,9-10,13H2,1-2H3,(H,21,22). The molecule has 0 radical (unpaired) electrons. The summed E-state index contributed by atoms with van der Waals surface area (Å²) < 4.78 is 5.24. The lowest BCUT2D eigenvalue weighted by Crippen LogP contribution is -2.25. The topological polar surface area (TPSA) is 62.1 Å². The Kier molecular flexibility index (Phi) is 6.71. The summed E-state index contributed by atoms with van der Waals surface area (Å²) in [6.45, 7) is 2.52. The highest BCUT2D eigenvalue weighted by Crippen LogP contribution is 2.19. The Morgan fingerprint density at radius 1 is 1.29 bits per heavy atom. The third kappa shape index (κ3) is 4.77. The lowest BCUT2D eigenvalue weighted by Gasteiger charge is -2.09. The van der Waals surface area contributed by atoms with Crippen molar-refractivity contribution in [1.29, 1.82) is 5.26 Å². The Labute approximate surface area is 146 Å². The van der Waals surface area contributed by atoms with Crippen molar-refractivity contribution in [3.05, 3.63) is 64.7 Å². The molecule has 0 spiro atoms. The van der Waals surface area contributed by atoms with Gasteiger partial charge < -0.3 is 10.1 Å². The van der Waals surface area contributed by atoms with E-state index in [2.05, 4.69) is 11.4 Å². The van der Waals surface area contributed by atoms with Gasteiger partial charge in [-0.2, -0.15) is 17.0 Å². The summed E-state index contributed by atoms with van der Waals surface area (Å²) >= 11 is 1.69. The van der Waals surface area contributed by atoms with E-state index in [1.807, 2.05) is 37.3 Å². The van der Waals surface area contributed by atoms with Gasteiger partial charge in [0, 0.05) is 23.6 Å². The molecule has 0 bridgehead atoms. The molecule has 2 aromatic rings. The molecule has 0 saturated carbocycles. The fourth-order valence-corrected chi connectivity index (χ4v) is 3.10. The molecule has 124 valence electrons. The summed E-state index contributed by atoms with van der Waals surface area (Å²) in [6.07, 6.45) is 0. The molecule has 0 heterocycles. The minimum atomic E-state index is -0.105. The third-order valence-electron chi connectivity index (χ3n) is 3.60. The number of benzene rings is 2. The fraction of sp³-hybridized carbons (Fsp3) is 0.263. The Balaban J connectivity index is 1.78. The second kappa shape index (κ2) is 8.99. The lowest BCUT2D eigenvalue weighted by atomic mass is 10.1. The van der Waals surface area contributed by atoms with Crippen LogP contribution in [0.25, 0.3) is 0 Å². The van der Waals surface area contributed by atoms with E-state index in [1.54, 1.807) is 31.0 Å². The first-order chi connectivity index (χ1) is 11.7. The minimum absolute atomic E-state index is 0.105. The van der Waals surface area contributed by atoms with E-state index < -0.39 is 0 Å². The highest BCUT2D eigenvalue weighted by molar-refractivity contribution is 7.98. The van der Waals surface area contributed by atoms with Crippen LogP contribution >= 0.6 is 11.8 Å². The Morgan fingerprint density at radius 2 is 2.08 bits per heavy atom. The zero-order valence-electron chi connectivity index (χ0n) is 13.8. The van der Waals surface area contributed by atoms with E-state index in [0.717, 1.165) is 22.6 Å². The SMILES string of the molecule is COc1cc(C(=O)NCCSCc2ccccc2C#N)ccc1C. The summed E-state index contributed by atoms with van der Waals surface area (Å²) in [4.78, 5) is 12.1. The van der Waals surface area contributed by atoms with Crippen LogP contribution in [0, 0.1) is 18.3 Å². The molecule has 1 amide bonds. The zero-order valence-corrected chi connectivity index (χ0v) is 14.7. The number of thioether (sulfide) groups is 1. The van der Waals surface area contributed by atoms with Crippen LogP contribution in [0.3, 0.4) is 0 Å². The van der Waals surface area contributed by atoms with Gasteiger partial charge in [0.15, 0.2) is 0 Å². The smallest absolute Gasteiger partial charge is 0.251 e. The largest absolute Gasteiger partial charge is 0.496 e. The second-order valence-electron chi connectivity index (χ2n) is 5.26. The second-order valence-corrected chi connectivity index (χ2v) is 6.37. The first-order valence-corrected chi connectivity index (χ1v) is 8.79. The normalized spacial score (nSPS) is 10.0. The van der Waals surface area contributed by atoms with Crippen molar-refractivity contribution in [3.8, 4) is 11.8 Å². The molecular weight excluding hydrogens is 320 g/mol. The van der Waals surface area contributed by atoms with E-state index in [-0.39, 0.29) is 5.91 Å². The highest BCUT2D eigenvalue weighted by atomic mass is 32.2. The van der Waals surface area contributed by atoms with Crippen LogP contribution in [0.15, 0.2) is 42.5 Å². The molecule has 1 N–H and O–H groups in total. The Hall–Kier alpha value is -2.45. The van der Waals surface area contributed by atoms with Gasteiger partial charge in [-0.3, -0.25) is 4.79 Å². The zero-order chi connectivity index (χ0) is 17.4. The van der Waals surface area contributed by atoms with E-state index in [4.69, 9.17) is 10.00 Å². The number of carbonyl (C=O) groups is 1. The fourth-order valence-electron chi connectivity index (χ4n) is 2.24. The Morgan fingerprint density at radius 3 is 2.83 bits per heavy atom. The van der Waals surface area contributed by atoms with Gasteiger partial charge in [-0.05, 0) is 36.2 Å². The van der Waals surface area contributed by atoms with Gasteiger partial charge in [-0.1, -0.05) is 24.3 Å². The van der Waals surface area contributed by atoms with Crippen LogP contribution in [0.2, 0.25) is 0 Å². The number of hydrogen-bond acceptors (Lipinski definition) is 4. The average molecular weight is 340 g/mol. The lowest BCUT2D eigenvalue weighted by molar-refractivity contribution is 0.0956. The number of ether oxygens (including phenoxy) is 1. The van der Waals surface area contributed by atoms with Crippen molar-refractivity contribution in [2.24, 2.45) is 0 Å². The number of nitrogens with one attached hydrogen (secondary N) is 1. The molecule has 0 atom stereocenters. The molecule has 0 saturated heterocycles. The van der Waals surface area contributed by atoms with E-state index in [0.29, 0.717) is 23.4 Å². The molecule has 2 aromatic carbocycles. The molecule has 0 aromatic heterocycles. The number of amides is 1. The van der Waals surface area contributed by atoms with E-state index in [1.165, 1.54) is 0 Å². The van der Waals surface area contributed by atoms with Gasteiger partial charge in [-0.25, -0.2) is 0 Å². The first kappa shape index (κ1) is 17.9. The summed E-state index contributed by atoms with van der Waals surface area (Å²) in [5, 5.41) is 12.0. The van der Waals surface area contributed by atoms with Gasteiger partial charge in [0.1, 0.15) is 5.75 Å². The maximum atomic E-state index is 12.1. The van der Waals surface area contributed by atoms with Crippen molar-refractivity contribution in [2.75, 3.05) is 19.4 Å². The molecular formula is C19H20N2O2S. The molecule has 0 aliphatic heterocycles. The van der Waals surface area contributed by atoms with E-state index >= 15 is 0 Å². The van der Waals surface area contributed by atoms with Crippen LogP contribution in [0.5, 0.6) is 5.75 Å². The molecule has 24 heavy (non-hydrogen) atoms. The number of nitriles is 1. The van der Waals surface area contributed by atoms with Gasteiger partial charge >= 0.3 is 0 Å². The van der Waals surface area contributed by atoms with Crippen molar-refractivity contribution >= 4 is 17.7 Å². The molecule has 0 fully saturated rings. The summed E-state index contributed by atoms with van der Waals surface area (Å²) in [5.41, 5.74) is 3.33. The minimum Gasteiger partial charge on any atom is -0.496 e. The monoisotopic (exact) mass is 340 g/mol. The maximum Gasteiger partial charge on any atom is 0.251 e. The summed E-state index contributed by atoms with van der Waals surface area (Å²) in [5.74, 6) is 2.16.